The van der Waals surface area contributed by atoms with Gasteiger partial charge in [0.1, 0.15) is 5.39 Å². The molecule has 1 unspecified atom stereocenters. The molecule has 0 saturated heterocycles. The SMILES string of the molecule is CCN(Cc1ccccc1)C(=O)CC1CSc2nc3c(cnn3-c3ccccc3)c(=O)n21. The second kappa shape index (κ2) is 8.63. The zero-order chi connectivity index (χ0) is 22.1. The van der Waals surface area contributed by atoms with E-state index in [0.717, 1.165) is 11.3 Å². The summed E-state index contributed by atoms with van der Waals surface area (Å²) in [6.45, 7) is 3.17. The molecule has 8 heteroatoms. The third-order valence-corrected chi connectivity index (χ3v) is 6.83. The van der Waals surface area contributed by atoms with Gasteiger partial charge in [-0.05, 0) is 24.6 Å². The summed E-state index contributed by atoms with van der Waals surface area (Å²) >= 11 is 1.52. The molecular weight excluding hydrogens is 422 g/mol. The Kier molecular flexibility index (Phi) is 5.53. The van der Waals surface area contributed by atoms with Crippen LogP contribution in [0.15, 0.2) is 76.8 Å². The van der Waals surface area contributed by atoms with Gasteiger partial charge < -0.3 is 4.90 Å². The molecule has 1 atom stereocenters. The molecule has 0 spiro atoms. The van der Waals surface area contributed by atoms with Gasteiger partial charge in [-0.2, -0.15) is 5.10 Å². The molecule has 2 aromatic heterocycles. The van der Waals surface area contributed by atoms with Gasteiger partial charge in [-0.15, -0.1) is 0 Å². The Hall–Kier alpha value is -3.39. The Morgan fingerprint density at radius 3 is 2.56 bits per heavy atom. The van der Waals surface area contributed by atoms with E-state index in [2.05, 4.69) is 5.10 Å². The lowest BCUT2D eigenvalue weighted by atomic mass is 10.1. The maximum atomic E-state index is 13.3. The lowest BCUT2D eigenvalue weighted by Crippen LogP contribution is -2.34. The number of hydrogen-bond donors (Lipinski definition) is 0. The normalized spacial score (nSPS) is 15.1. The van der Waals surface area contributed by atoms with E-state index in [1.54, 1.807) is 15.4 Å². The first-order valence-electron chi connectivity index (χ1n) is 10.7. The summed E-state index contributed by atoms with van der Waals surface area (Å²) in [7, 11) is 0. The van der Waals surface area contributed by atoms with Crippen molar-refractivity contribution in [2.45, 2.75) is 31.1 Å². The van der Waals surface area contributed by atoms with Crippen LogP contribution in [-0.2, 0) is 11.3 Å². The van der Waals surface area contributed by atoms with Crippen molar-refractivity contribution < 1.29 is 4.79 Å². The molecule has 0 N–H and O–H groups in total. The van der Waals surface area contributed by atoms with Gasteiger partial charge in [0.05, 0.1) is 17.9 Å². The molecule has 0 saturated carbocycles. The lowest BCUT2D eigenvalue weighted by Gasteiger charge is -2.23. The van der Waals surface area contributed by atoms with Gasteiger partial charge in [-0.1, -0.05) is 60.3 Å². The van der Waals surface area contributed by atoms with E-state index in [0.29, 0.717) is 35.0 Å². The topological polar surface area (TPSA) is 73.0 Å². The standard InChI is InChI=1S/C24H23N5O2S/c1-2-27(15-17-9-5-3-6-10-17)21(30)13-19-16-32-24-26-22-20(23(31)28(19)24)14-25-29(22)18-11-7-4-8-12-18/h3-12,14,19H,2,13,15-16H2,1H3. The van der Waals surface area contributed by atoms with E-state index in [4.69, 9.17) is 4.98 Å². The molecule has 0 bridgehead atoms. The van der Waals surface area contributed by atoms with Crippen LogP contribution in [0.5, 0.6) is 0 Å². The van der Waals surface area contributed by atoms with Crippen LogP contribution in [0, 0.1) is 0 Å². The fraction of sp³-hybridized carbons (Fsp3) is 0.250. The van der Waals surface area contributed by atoms with Crippen molar-refractivity contribution in [2.75, 3.05) is 12.3 Å². The van der Waals surface area contributed by atoms with Gasteiger partial charge >= 0.3 is 0 Å². The van der Waals surface area contributed by atoms with Crippen molar-refractivity contribution in [3.63, 3.8) is 0 Å². The van der Waals surface area contributed by atoms with E-state index in [-0.39, 0.29) is 23.9 Å². The minimum Gasteiger partial charge on any atom is -0.339 e. The summed E-state index contributed by atoms with van der Waals surface area (Å²) in [6, 6.07) is 19.4. The molecule has 4 aromatic rings. The Balaban J connectivity index is 1.42. The highest BCUT2D eigenvalue weighted by Crippen LogP contribution is 2.33. The summed E-state index contributed by atoms with van der Waals surface area (Å²) in [5.74, 6) is 0.698. The number of para-hydroxylation sites is 1. The summed E-state index contributed by atoms with van der Waals surface area (Å²) in [6.07, 6.45) is 1.85. The van der Waals surface area contributed by atoms with Crippen molar-refractivity contribution in [2.24, 2.45) is 0 Å². The van der Waals surface area contributed by atoms with Crippen LogP contribution in [0.1, 0.15) is 24.9 Å². The summed E-state index contributed by atoms with van der Waals surface area (Å²) in [5.41, 5.74) is 2.36. The number of nitrogens with zero attached hydrogens (tertiary/aromatic N) is 5. The van der Waals surface area contributed by atoms with Crippen LogP contribution in [0.25, 0.3) is 16.7 Å². The van der Waals surface area contributed by atoms with E-state index in [1.165, 1.54) is 11.8 Å². The number of benzene rings is 2. The average molecular weight is 446 g/mol. The minimum absolute atomic E-state index is 0.0433. The average Bonchev–Trinajstić information content (AvgIpc) is 3.43. The Morgan fingerprint density at radius 2 is 1.84 bits per heavy atom. The summed E-state index contributed by atoms with van der Waals surface area (Å²) < 4.78 is 3.37. The number of thioether (sulfide) groups is 1. The maximum absolute atomic E-state index is 13.3. The zero-order valence-electron chi connectivity index (χ0n) is 17.7. The van der Waals surface area contributed by atoms with E-state index in [1.807, 2.05) is 72.5 Å². The molecule has 162 valence electrons. The first-order valence-corrected chi connectivity index (χ1v) is 11.6. The van der Waals surface area contributed by atoms with E-state index < -0.39 is 0 Å². The summed E-state index contributed by atoms with van der Waals surface area (Å²) in [4.78, 5) is 33.0. The first-order chi connectivity index (χ1) is 15.7. The molecule has 1 amide bonds. The fourth-order valence-electron chi connectivity index (χ4n) is 4.05. The van der Waals surface area contributed by atoms with Gasteiger partial charge in [0, 0.05) is 25.3 Å². The quantitative estimate of drug-likeness (QED) is 0.424. The maximum Gasteiger partial charge on any atom is 0.265 e. The number of carbonyl (C=O) groups is 1. The third-order valence-electron chi connectivity index (χ3n) is 5.73. The predicted molar refractivity (Wildman–Crippen MR) is 125 cm³/mol. The third kappa shape index (κ3) is 3.71. The molecule has 0 fully saturated rings. The van der Waals surface area contributed by atoms with Crippen molar-refractivity contribution in [1.82, 2.24) is 24.2 Å². The Labute approximate surface area is 189 Å². The molecule has 5 rings (SSSR count). The van der Waals surface area contributed by atoms with Crippen LogP contribution >= 0.6 is 11.8 Å². The molecule has 3 heterocycles. The highest BCUT2D eigenvalue weighted by molar-refractivity contribution is 7.99. The molecule has 1 aliphatic heterocycles. The molecule has 1 aliphatic rings. The number of fused-ring (bicyclic) bond motifs is 2. The van der Waals surface area contributed by atoms with Crippen molar-refractivity contribution in [3.8, 4) is 5.69 Å². The predicted octanol–water partition coefficient (Wildman–Crippen LogP) is 3.67. The van der Waals surface area contributed by atoms with Gasteiger partial charge in [0.15, 0.2) is 10.8 Å². The lowest BCUT2D eigenvalue weighted by molar-refractivity contribution is -0.132. The Morgan fingerprint density at radius 1 is 1.12 bits per heavy atom. The molecule has 0 radical (unpaired) electrons. The van der Waals surface area contributed by atoms with Crippen LogP contribution in [0.2, 0.25) is 0 Å². The van der Waals surface area contributed by atoms with Gasteiger partial charge in [-0.25, -0.2) is 9.67 Å². The summed E-state index contributed by atoms with van der Waals surface area (Å²) in [5, 5.41) is 5.51. The molecule has 7 nitrogen and oxygen atoms in total. The highest BCUT2D eigenvalue weighted by Gasteiger charge is 2.30. The molecule has 2 aromatic carbocycles. The number of carbonyl (C=O) groups excluding carboxylic acids is 1. The van der Waals surface area contributed by atoms with Gasteiger partial charge in [-0.3, -0.25) is 14.2 Å². The molecular formula is C24H23N5O2S. The smallest absolute Gasteiger partial charge is 0.265 e. The number of rotatable bonds is 6. The van der Waals surface area contributed by atoms with Crippen LogP contribution in [0.3, 0.4) is 0 Å². The minimum atomic E-state index is -0.211. The molecule has 32 heavy (non-hydrogen) atoms. The van der Waals surface area contributed by atoms with Crippen LogP contribution in [0.4, 0.5) is 0 Å². The van der Waals surface area contributed by atoms with Crippen LogP contribution in [-0.4, -0.2) is 42.4 Å². The molecule has 0 aliphatic carbocycles. The monoisotopic (exact) mass is 445 g/mol. The van der Waals surface area contributed by atoms with Crippen molar-refractivity contribution in [3.05, 3.63) is 82.8 Å². The Bertz CT molecular complexity index is 1320. The second-order valence-electron chi connectivity index (χ2n) is 7.76. The fourth-order valence-corrected chi connectivity index (χ4v) is 5.18. The van der Waals surface area contributed by atoms with Gasteiger partial charge in [0.2, 0.25) is 5.91 Å². The van der Waals surface area contributed by atoms with E-state index >= 15 is 0 Å². The van der Waals surface area contributed by atoms with Crippen molar-refractivity contribution >= 4 is 28.7 Å². The largest absolute Gasteiger partial charge is 0.339 e. The van der Waals surface area contributed by atoms with Gasteiger partial charge in [0.25, 0.3) is 5.56 Å². The number of hydrogen-bond acceptors (Lipinski definition) is 5. The first kappa shape index (κ1) is 20.5. The highest BCUT2D eigenvalue weighted by atomic mass is 32.2. The number of aromatic nitrogens is 4. The number of amides is 1. The van der Waals surface area contributed by atoms with Crippen molar-refractivity contribution in [1.29, 1.82) is 0 Å². The van der Waals surface area contributed by atoms with Crippen LogP contribution < -0.4 is 5.56 Å². The van der Waals surface area contributed by atoms with E-state index in [9.17, 15) is 9.59 Å². The second-order valence-corrected chi connectivity index (χ2v) is 8.75. The zero-order valence-corrected chi connectivity index (χ0v) is 18.5.